The predicted molar refractivity (Wildman–Crippen MR) is 267 cm³/mol. The Morgan fingerprint density at radius 1 is 0.623 bits per heavy atom. The fourth-order valence-corrected chi connectivity index (χ4v) is 28.3. The van der Waals surface area contributed by atoms with Crippen molar-refractivity contribution >= 4 is 35.6 Å². The van der Waals surface area contributed by atoms with E-state index in [1.54, 1.807) is 12.1 Å². The fourth-order valence-electron chi connectivity index (χ4n) is 13.9. The molecule has 4 saturated carbocycles. The zero-order valence-electron chi connectivity index (χ0n) is 38.2. The summed E-state index contributed by atoms with van der Waals surface area (Å²) in [5.41, 5.74) is 16.0. The molecular formula is C58H68Cl2Zr. The average Bonchev–Trinajstić information content (AvgIpc) is 3.79. The molecule has 0 aromatic heterocycles. The first-order valence-electron chi connectivity index (χ1n) is 23.0. The number of fused-ring (bicyclic) bond motifs is 3. The molecule has 1 unspecified atom stereocenters. The van der Waals surface area contributed by atoms with E-state index in [0.29, 0.717) is 5.92 Å². The average molecular weight is 927 g/mol. The van der Waals surface area contributed by atoms with Crippen LogP contribution in [0, 0.1) is 35.0 Å². The van der Waals surface area contributed by atoms with Gasteiger partial charge in [-0.2, -0.15) is 0 Å². The van der Waals surface area contributed by atoms with E-state index < -0.39 is 18.3 Å². The summed E-state index contributed by atoms with van der Waals surface area (Å²) in [6, 6.07) is 42.2. The van der Waals surface area contributed by atoms with Crippen LogP contribution in [0.25, 0.3) is 33.4 Å². The molecule has 0 saturated heterocycles. The van der Waals surface area contributed by atoms with Gasteiger partial charge in [-0.05, 0) is 0 Å². The number of hydrogen-bond acceptors (Lipinski definition) is 0. The van der Waals surface area contributed by atoms with E-state index in [2.05, 4.69) is 181 Å². The Hall–Kier alpha value is -3.09. The van der Waals surface area contributed by atoms with E-state index in [9.17, 15) is 0 Å². The van der Waals surface area contributed by atoms with Gasteiger partial charge in [0.05, 0.1) is 0 Å². The Balaban J connectivity index is 0.00000257. The van der Waals surface area contributed by atoms with Crippen molar-refractivity contribution in [1.82, 2.24) is 0 Å². The first kappa shape index (κ1) is 44.5. The van der Waals surface area contributed by atoms with Gasteiger partial charge in [0.25, 0.3) is 0 Å². The third kappa shape index (κ3) is 6.80. The van der Waals surface area contributed by atoms with E-state index in [1.165, 1.54) is 91.0 Å². The molecule has 3 heteroatoms. The number of rotatable bonds is 6. The van der Waals surface area contributed by atoms with E-state index in [1.807, 2.05) is 0 Å². The van der Waals surface area contributed by atoms with Gasteiger partial charge in [0, 0.05) is 0 Å². The van der Waals surface area contributed by atoms with Gasteiger partial charge in [-0.3, -0.25) is 0 Å². The summed E-state index contributed by atoms with van der Waals surface area (Å²) < 4.78 is 13.4. The Morgan fingerprint density at radius 2 is 1.13 bits per heavy atom. The van der Waals surface area contributed by atoms with Crippen molar-refractivity contribution in [3.05, 3.63) is 152 Å². The quantitative estimate of drug-likeness (QED) is 0.156. The van der Waals surface area contributed by atoms with Crippen molar-refractivity contribution in [2.24, 2.45) is 35.0 Å². The molecule has 6 aliphatic rings. The zero-order valence-corrected chi connectivity index (χ0v) is 42.3. The summed E-state index contributed by atoms with van der Waals surface area (Å²) in [6.45, 7) is 19.7. The SMILES string of the molecule is Cl.Cl.[CH2]=[Zr]([CH3])([C]1=CC(C2(C)C3CC4CC(C3)CC2C4)=CC1C)([c]1ccccc1)[c]1c2c(cc(C(C)(C)C)c1-c1ccccc1)-c1cc(C(C)(C)C)c(-c3ccccc3)cc1C2. The molecule has 0 aliphatic heterocycles. The topological polar surface area (TPSA) is 0 Å². The van der Waals surface area contributed by atoms with E-state index in [4.69, 9.17) is 4.21 Å². The maximum atomic E-state index is 5.95. The minimum absolute atomic E-state index is 0. The van der Waals surface area contributed by atoms with Crippen LogP contribution in [0.5, 0.6) is 0 Å². The normalized spacial score (nSPS) is 25.2. The molecule has 0 nitrogen and oxygen atoms in total. The molecule has 1 atom stereocenters. The van der Waals surface area contributed by atoms with Gasteiger partial charge in [0.2, 0.25) is 0 Å². The summed E-state index contributed by atoms with van der Waals surface area (Å²) in [5, 5.41) is 0. The Labute approximate surface area is 381 Å². The predicted octanol–water partition coefficient (Wildman–Crippen LogP) is 15.1. The van der Waals surface area contributed by atoms with Crippen molar-refractivity contribution in [1.29, 1.82) is 0 Å². The first-order chi connectivity index (χ1) is 28.0. The van der Waals surface area contributed by atoms with Crippen LogP contribution in [-0.4, -0.2) is 4.21 Å². The molecule has 4 bridgehead atoms. The van der Waals surface area contributed by atoms with Crippen LogP contribution in [0.15, 0.2) is 130 Å². The molecule has 6 aliphatic carbocycles. The van der Waals surface area contributed by atoms with Crippen molar-refractivity contribution < 1.29 is 18.3 Å². The Kier molecular flexibility index (Phi) is 11.2. The Bertz CT molecular complexity index is 2600. The van der Waals surface area contributed by atoms with Crippen LogP contribution >= 0.6 is 24.8 Å². The molecule has 5 aromatic carbocycles. The van der Waals surface area contributed by atoms with Gasteiger partial charge in [-0.25, -0.2) is 0 Å². The van der Waals surface area contributed by atoms with Gasteiger partial charge in [-0.1, -0.05) is 0 Å². The van der Waals surface area contributed by atoms with Gasteiger partial charge in [-0.15, -0.1) is 24.8 Å². The molecule has 11 rings (SSSR count). The summed E-state index contributed by atoms with van der Waals surface area (Å²) in [5.74, 6) is 3.88. The number of halogens is 2. The standard InChI is InChI=1S/C33H33.C17H23.C6H5.CH3.CH2.2ClH.Zr/c1-32(2,3)30-20-26-24(18-28(30)22-13-9-7-10-14-22)17-25-19-29(23-15-11-8-12-16-23)31(21-27(25)26)33(4,5)6;1-11-3-4-14(5-11)17(2)15-7-12-6-13(9-15)10-16(17)8-12;1-2-4-6-5-3-1;;;;;/h7-16,18,20-21H,17H2,1-6H3;4-5,11-13,15-16H,6-10H2,1-2H3;1-5H;1H3;1H2;2*1H;. The molecule has 0 amide bonds. The molecular weight excluding hydrogens is 859 g/mol. The molecule has 61 heavy (non-hydrogen) atoms. The summed E-state index contributed by atoms with van der Waals surface area (Å²) >= 11 is -4.85. The molecule has 5 aromatic rings. The van der Waals surface area contributed by atoms with Gasteiger partial charge >= 0.3 is 359 Å². The number of benzene rings is 5. The second kappa shape index (κ2) is 15.3. The van der Waals surface area contributed by atoms with E-state index in [0.717, 1.165) is 30.1 Å². The van der Waals surface area contributed by atoms with Crippen molar-refractivity contribution in [3.8, 4) is 33.4 Å². The summed E-state index contributed by atoms with van der Waals surface area (Å²) in [6.07, 6.45) is 13.7. The molecule has 0 heterocycles. The fraction of sp³-hybridized carbons (Fsp3) is 0.397. The second-order valence-corrected chi connectivity index (χ2v) is 36.6. The molecule has 0 spiro atoms. The zero-order chi connectivity index (χ0) is 41.3. The van der Waals surface area contributed by atoms with Crippen LogP contribution in [0.4, 0.5) is 0 Å². The maximum absolute atomic E-state index is 5.95. The molecule has 4 fully saturated rings. The third-order valence-corrected chi connectivity index (χ3v) is 31.5. The van der Waals surface area contributed by atoms with Gasteiger partial charge < -0.3 is 0 Å². The summed E-state index contributed by atoms with van der Waals surface area (Å²) in [4.78, 5) is 0. The molecule has 0 radical (unpaired) electrons. The van der Waals surface area contributed by atoms with Gasteiger partial charge in [0.15, 0.2) is 0 Å². The first-order valence-corrected chi connectivity index (χ1v) is 30.9. The molecule has 0 N–H and O–H groups in total. The second-order valence-electron chi connectivity index (χ2n) is 22.6. The minimum atomic E-state index is -4.85. The monoisotopic (exact) mass is 924 g/mol. The summed E-state index contributed by atoms with van der Waals surface area (Å²) in [7, 11) is 0. The number of allylic oxidation sites excluding steroid dienone is 4. The van der Waals surface area contributed by atoms with Gasteiger partial charge in [0.1, 0.15) is 0 Å². The van der Waals surface area contributed by atoms with Crippen LogP contribution in [0.2, 0.25) is 4.63 Å². The van der Waals surface area contributed by atoms with Crippen LogP contribution in [0.3, 0.4) is 0 Å². The molecule has 318 valence electrons. The van der Waals surface area contributed by atoms with E-state index in [-0.39, 0.29) is 41.1 Å². The van der Waals surface area contributed by atoms with Crippen LogP contribution in [0.1, 0.15) is 110 Å². The number of hydrogen-bond donors (Lipinski definition) is 0. The van der Waals surface area contributed by atoms with E-state index >= 15 is 0 Å². The third-order valence-electron chi connectivity index (χ3n) is 16.8. The van der Waals surface area contributed by atoms with Crippen molar-refractivity contribution in [2.45, 2.75) is 109 Å². The Morgan fingerprint density at radius 3 is 1.67 bits per heavy atom. The van der Waals surface area contributed by atoms with Crippen molar-refractivity contribution in [2.75, 3.05) is 0 Å². The van der Waals surface area contributed by atoms with Crippen LogP contribution < -0.4 is 6.54 Å². The van der Waals surface area contributed by atoms with Crippen LogP contribution in [-0.2, 0) is 35.5 Å². The van der Waals surface area contributed by atoms with Crippen molar-refractivity contribution in [3.63, 3.8) is 0 Å².